The molecule has 2 rings (SSSR count). The van der Waals surface area contributed by atoms with Crippen molar-refractivity contribution in [3.63, 3.8) is 0 Å². The third-order valence-corrected chi connectivity index (χ3v) is 3.25. The Hall–Kier alpha value is -0.870. The first-order valence-electron chi connectivity index (χ1n) is 6.39. The first-order chi connectivity index (χ1) is 7.97. The molecular formula is C13H22N2O2. The minimum atomic E-state index is -0.925. The van der Waals surface area contributed by atoms with Crippen molar-refractivity contribution >= 4 is 0 Å². The average Bonchev–Trinajstić information content (AvgIpc) is 2.60. The minimum absolute atomic E-state index is 0.469. The van der Waals surface area contributed by atoms with Gasteiger partial charge in [-0.3, -0.25) is 0 Å². The monoisotopic (exact) mass is 238 g/mol. The Morgan fingerprint density at radius 2 is 2.24 bits per heavy atom. The van der Waals surface area contributed by atoms with Gasteiger partial charge in [-0.15, -0.1) is 0 Å². The number of hydrogen-bond acceptors (Lipinski definition) is 4. The Kier molecular flexibility index (Phi) is 3.54. The van der Waals surface area contributed by atoms with Crippen LogP contribution in [-0.2, 0) is 12.0 Å². The Morgan fingerprint density at radius 3 is 2.76 bits per heavy atom. The van der Waals surface area contributed by atoms with E-state index in [2.05, 4.69) is 10.3 Å². The maximum atomic E-state index is 9.95. The van der Waals surface area contributed by atoms with Crippen molar-refractivity contribution in [3.05, 3.63) is 17.3 Å². The largest absolute Gasteiger partial charge is 0.446 e. The average molecular weight is 238 g/mol. The number of piperidine rings is 1. The topological polar surface area (TPSA) is 58.3 Å². The maximum absolute atomic E-state index is 9.95. The molecule has 17 heavy (non-hydrogen) atoms. The van der Waals surface area contributed by atoms with Crippen molar-refractivity contribution in [2.75, 3.05) is 6.54 Å². The van der Waals surface area contributed by atoms with Crippen LogP contribution in [0.4, 0.5) is 0 Å². The summed E-state index contributed by atoms with van der Waals surface area (Å²) in [5.74, 6) is 1.46. The highest BCUT2D eigenvalue weighted by Crippen LogP contribution is 2.24. The van der Waals surface area contributed by atoms with Gasteiger partial charge < -0.3 is 14.8 Å². The molecule has 1 aliphatic heterocycles. The lowest BCUT2D eigenvalue weighted by molar-refractivity contribution is 0.0728. The Morgan fingerprint density at radius 1 is 1.47 bits per heavy atom. The standard InChI is InChI=1S/C13H22N2O2/c1-9-12(13(2,3)16)15-11(17-9)8-10-6-4-5-7-14-10/h10,14,16H,4-8H2,1-3H3/t10-/m1/s1. The molecule has 96 valence electrons. The summed E-state index contributed by atoms with van der Waals surface area (Å²) in [6.45, 7) is 6.42. The summed E-state index contributed by atoms with van der Waals surface area (Å²) in [4.78, 5) is 4.42. The first-order valence-corrected chi connectivity index (χ1v) is 6.39. The van der Waals surface area contributed by atoms with Crippen LogP contribution in [0.5, 0.6) is 0 Å². The second-order valence-electron chi connectivity index (χ2n) is 5.42. The van der Waals surface area contributed by atoms with E-state index >= 15 is 0 Å². The zero-order valence-corrected chi connectivity index (χ0v) is 10.9. The number of aryl methyl sites for hydroxylation is 1. The molecule has 0 unspecified atom stereocenters. The SMILES string of the molecule is Cc1oc(C[C@H]2CCCCN2)nc1C(C)(C)O. The van der Waals surface area contributed by atoms with Crippen LogP contribution >= 0.6 is 0 Å². The van der Waals surface area contributed by atoms with Crippen LogP contribution in [-0.4, -0.2) is 22.7 Å². The highest BCUT2D eigenvalue weighted by molar-refractivity contribution is 5.15. The third-order valence-electron chi connectivity index (χ3n) is 3.25. The van der Waals surface area contributed by atoms with Crippen molar-refractivity contribution < 1.29 is 9.52 Å². The van der Waals surface area contributed by atoms with Gasteiger partial charge >= 0.3 is 0 Å². The van der Waals surface area contributed by atoms with E-state index in [9.17, 15) is 5.11 Å². The van der Waals surface area contributed by atoms with Crippen molar-refractivity contribution in [2.45, 2.75) is 58.1 Å². The third kappa shape index (κ3) is 3.07. The van der Waals surface area contributed by atoms with Gasteiger partial charge in [0.25, 0.3) is 0 Å². The van der Waals surface area contributed by atoms with Gasteiger partial charge in [-0.1, -0.05) is 6.42 Å². The summed E-state index contributed by atoms with van der Waals surface area (Å²) < 4.78 is 5.63. The lowest BCUT2D eigenvalue weighted by Gasteiger charge is -2.21. The van der Waals surface area contributed by atoms with Gasteiger partial charge in [0.1, 0.15) is 17.1 Å². The molecule has 0 aliphatic carbocycles. The molecule has 1 aromatic heterocycles. The lowest BCUT2D eigenvalue weighted by atomic mass is 10.0. The normalized spacial score (nSPS) is 21.8. The molecular weight excluding hydrogens is 216 g/mol. The van der Waals surface area contributed by atoms with Gasteiger partial charge in [0, 0.05) is 12.5 Å². The van der Waals surface area contributed by atoms with Crippen LogP contribution in [0.25, 0.3) is 0 Å². The molecule has 0 amide bonds. The van der Waals surface area contributed by atoms with Crippen LogP contribution in [0.15, 0.2) is 4.42 Å². The molecule has 0 saturated carbocycles. The van der Waals surface area contributed by atoms with Crippen LogP contribution in [0.1, 0.15) is 50.5 Å². The molecule has 0 aromatic carbocycles. The van der Waals surface area contributed by atoms with E-state index in [1.807, 2.05) is 6.92 Å². The number of rotatable bonds is 3. The summed E-state index contributed by atoms with van der Waals surface area (Å²) in [7, 11) is 0. The second-order valence-corrected chi connectivity index (χ2v) is 5.42. The Balaban J connectivity index is 2.06. The minimum Gasteiger partial charge on any atom is -0.446 e. The fourth-order valence-corrected chi connectivity index (χ4v) is 2.42. The number of nitrogens with zero attached hydrogens (tertiary/aromatic N) is 1. The molecule has 0 bridgehead atoms. The zero-order chi connectivity index (χ0) is 12.5. The zero-order valence-electron chi connectivity index (χ0n) is 10.9. The van der Waals surface area contributed by atoms with E-state index < -0.39 is 5.60 Å². The van der Waals surface area contributed by atoms with Gasteiger partial charge in [0.15, 0.2) is 5.89 Å². The molecule has 4 heteroatoms. The predicted molar refractivity (Wildman–Crippen MR) is 65.8 cm³/mol. The number of aromatic nitrogens is 1. The molecule has 2 heterocycles. The maximum Gasteiger partial charge on any atom is 0.196 e. The molecule has 2 N–H and O–H groups in total. The van der Waals surface area contributed by atoms with Gasteiger partial charge in [-0.2, -0.15) is 0 Å². The van der Waals surface area contributed by atoms with Crippen LogP contribution in [0.3, 0.4) is 0 Å². The lowest BCUT2D eigenvalue weighted by Crippen LogP contribution is -2.35. The Labute approximate surface area is 102 Å². The fraction of sp³-hybridized carbons (Fsp3) is 0.769. The van der Waals surface area contributed by atoms with Crippen molar-refractivity contribution in [1.82, 2.24) is 10.3 Å². The number of aliphatic hydroxyl groups is 1. The highest BCUT2D eigenvalue weighted by Gasteiger charge is 2.25. The molecule has 1 atom stereocenters. The summed E-state index contributed by atoms with van der Waals surface area (Å²) in [5.41, 5.74) is -0.269. The van der Waals surface area contributed by atoms with Gasteiger partial charge in [0.2, 0.25) is 0 Å². The molecule has 0 spiro atoms. The molecule has 1 aliphatic rings. The van der Waals surface area contributed by atoms with E-state index in [-0.39, 0.29) is 0 Å². The van der Waals surface area contributed by atoms with Gasteiger partial charge in [-0.05, 0) is 40.2 Å². The molecule has 1 fully saturated rings. The number of oxazole rings is 1. The fourth-order valence-electron chi connectivity index (χ4n) is 2.42. The molecule has 4 nitrogen and oxygen atoms in total. The number of nitrogens with one attached hydrogen (secondary N) is 1. The Bertz CT molecular complexity index is 373. The molecule has 0 radical (unpaired) electrons. The van der Waals surface area contributed by atoms with Gasteiger partial charge in [-0.25, -0.2) is 4.98 Å². The van der Waals surface area contributed by atoms with E-state index in [1.54, 1.807) is 13.8 Å². The van der Waals surface area contributed by atoms with Gasteiger partial charge in [0.05, 0.1) is 0 Å². The van der Waals surface area contributed by atoms with Crippen LogP contribution < -0.4 is 5.32 Å². The van der Waals surface area contributed by atoms with E-state index in [0.29, 0.717) is 11.7 Å². The molecule has 1 saturated heterocycles. The summed E-state index contributed by atoms with van der Waals surface area (Å²) >= 11 is 0. The smallest absolute Gasteiger partial charge is 0.196 e. The van der Waals surface area contributed by atoms with Crippen molar-refractivity contribution in [1.29, 1.82) is 0 Å². The quantitative estimate of drug-likeness (QED) is 0.844. The number of hydrogen-bond donors (Lipinski definition) is 2. The van der Waals surface area contributed by atoms with Crippen molar-refractivity contribution in [2.24, 2.45) is 0 Å². The van der Waals surface area contributed by atoms with E-state index in [1.165, 1.54) is 19.3 Å². The highest BCUT2D eigenvalue weighted by atomic mass is 16.4. The first kappa shape index (κ1) is 12.6. The van der Waals surface area contributed by atoms with E-state index in [0.717, 1.165) is 24.6 Å². The summed E-state index contributed by atoms with van der Waals surface area (Å²) in [6, 6.07) is 0.469. The second kappa shape index (κ2) is 4.78. The van der Waals surface area contributed by atoms with Crippen LogP contribution in [0, 0.1) is 6.92 Å². The summed E-state index contributed by atoms with van der Waals surface area (Å²) in [5, 5.41) is 13.4. The predicted octanol–water partition coefficient (Wildman–Crippen LogP) is 1.90. The van der Waals surface area contributed by atoms with Crippen LogP contribution in [0.2, 0.25) is 0 Å². The summed E-state index contributed by atoms with van der Waals surface area (Å²) in [6.07, 6.45) is 4.53. The van der Waals surface area contributed by atoms with E-state index in [4.69, 9.17) is 4.42 Å². The molecule has 1 aromatic rings. The van der Waals surface area contributed by atoms with Crippen molar-refractivity contribution in [3.8, 4) is 0 Å².